The van der Waals surface area contributed by atoms with Crippen LogP contribution in [0.4, 0.5) is 0 Å². The van der Waals surface area contributed by atoms with Crippen LogP contribution < -0.4 is 9.47 Å². The molecule has 1 atom stereocenters. The number of carbonyl (C=O) groups excluding carboxylic acids is 1. The molecule has 0 heterocycles. The molecule has 0 radical (unpaired) electrons. The molecule has 1 unspecified atom stereocenters. The van der Waals surface area contributed by atoms with Gasteiger partial charge in [0.25, 0.3) is 0 Å². The van der Waals surface area contributed by atoms with Gasteiger partial charge in [0.2, 0.25) is 0 Å². The summed E-state index contributed by atoms with van der Waals surface area (Å²) in [6, 6.07) is 4.72. The third-order valence-electron chi connectivity index (χ3n) is 2.17. The molecule has 0 saturated carbocycles. The molecule has 1 rings (SSSR count). The van der Waals surface area contributed by atoms with Crippen molar-refractivity contribution in [3.8, 4) is 11.5 Å². The number of carbonyl (C=O) groups is 1. The van der Waals surface area contributed by atoms with Gasteiger partial charge in [-0.15, -0.1) is 0 Å². The fraction of sp³-hybridized carbons (Fsp3) is 0.417. The Morgan fingerprint density at radius 3 is 2.59 bits per heavy atom. The summed E-state index contributed by atoms with van der Waals surface area (Å²) < 4.78 is 15.1. The Balaban J connectivity index is 2.97. The summed E-state index contributed by atoms with van der Waals surface area (Å²) in [5.74, 6) is 0.458. The predicted octanol–water partition coefficient (Wildman–Crippen LogP) is 1.24. The average Bonchev–Trinajstić information content (AvgIpc) is 2.37. The molecule has 0 aliphatic rings. The fourth-order valence-corrected chi connectivity index (χ4v) is 1.26. The van der Waals surface area contributed by atoms with E-state index in [9.17, 15) is 4.79 Å². The Labute approximate surface area is 99.9 Å². The van der Waals surface area contributed by atoms with Gasteiger partial charge in [-0.2, -0.15) is 0 Å². The number of rotatable bonds is 5. The number of hydrogen-bond acceptors (Lipinski definition) is 5. The fourth-order valence-electron chi connectivity index (χ4n) is 1.26. The van der Waals surface area contributed by atoms with Crippen molar-refractivity contribution in [2.24, 2.45) is 0 Å². The molecule has 0 amide bonds. The zero-order chi connectivity index (χ0) is 12.8. The zero-order valence-electron chi connectivity index (χ0n) is 10.1. The number of aliphatic hydroxyl groups excluding tert-OH is 1. The first kappa shape index (κ1) is 13.3. The standard InChI is InChI=1S/C12H16O5/c1-8(7-13)17-10-5-4-9(12(14)16-3)6-11(10)15-2/h4-6,8,13H,7H2,1-3H3. The Bertz CT molecular complexity index is 388. The average molecular weight is 240 g/mol. The largest absolute Gasteiger partial charge is 0.493 e. The summed E-state index contributed by atoms with van der Waals surface area (Å²) in [4.78, 5) is 11.3. The first-order valence-electron chi connectivity index (χ1n) is 5.16. The highest BCUT2D eigenvalue weighted by Gasteiger charge is 2.12. The Morgan fingerprint density at radius 2 is 2.06 bits per heavy atom. The van der Waals surface area contributed by atoms with Crippen LogP contribution in [0.1, 0.15) is 17.3 Å². The number of aliphatic hydroxyl groups is 1. The quantitative estimate of drug-likeness (QED) is 0.784. The van der Waals surface area contributed by atoms with E-state index in [1.54, 1.807) is 19.1 Å². The highest BCUT2D eigenvalue weighted by molar-refractivity contribution is 5.90. The second-order valence-electron chi connectivity index (χ2n) is 3.47. The van der Waals surface area contributed by atoms with Crippen molar-refractivity contribution in [3.05, 3.63) is 23.8 Å². The van der Waals surface area contributed by atoms with Crippen LogP contribution in [-0.4, -0.2) is 38.0 Å². The van der Waals surface area contributed by atoms with E-state index < -0.39 is 5.97 Å². The summed E-state index contributed by atoms with van der Waals surface area (Å²) in [5, 5.41) is 8.90. The molecule has 1 aromatic carbocycles. The van der Waals surface area contributed by atoms with E-state index in [0.717, 1.165) is 0 Å². The second-order valence-corrected chi connectivity index (χ2v) is 3.47. The highest BCUT2D eigenvalue weighted by atomic mass is 16.5. The third-order valence-corrected chi connectivity index (χ3v) is 2.17. The molecule has 0 aliphatic carbocycles. The van der Waals surface area contributed by atoms with Gasteiger partial charge >= 0.3 is 5.97 Å². The highest BCUT2D eigenvalue weighted by Crippen LogP contribution is 2.29. The van der Waals surface area contributed by atoms with Crippen LogP contribution >= 0.6 is 0 Å². The molecule has 1 N–H and O–H groups in total. The first-order valence-corrected chi connectivity index (χ1v) is 5.16. The van der Waals surface area contributed by atoms with Crippen LogP contribution in [-0.2, 0) is 4.74 Å². The molecule has 0 aromatic heterocycles. The summed E-state index contributed by atoms with van der Waals surface area (Å²) in [6.45, 7) is 1.63. The molecular weight excluding hydrogens is 224 g/mol. The summed E-state index contributed by atoms with van der Waals surface area (Å²) in [5.41, 5.74) is 0.383. The molecule has 5 heteroatoms. The minimum Gasteiger partial charge on any atom is -0.493 e. The maximum absolute atomic E-state index is 11.3. The minimum absolute atomic E-state index is 0.0953. The van der Waals surface area contributed by atoms with Crippen molar-refractivity contribution in [1.82, 2.24) is 0 Å². The van der Waals surface area contributed by atoms with Crippen LogP contribution in [0.2, 0.25) is 0 Å². The van der Waals surface area contributed by atoms with Gasteiger partial charge in [0.15, 0.2) is 11.5 Å². The Hall–Kier alpha value is -1.75. The van der Waals surface area contributed by atoms with Crippen LogP contribution in [0.5, 0.6) is 11.5 Å². The molecule has 0 fully saturated rings. The van der Waals surface area contributed by atoms with Crippen LogP contribution in [0.25, 0.3) is 0 Å². The lowest BCUT2D eigenvalue weighted by molar-refractivity contribution is 0.0600. The molecule has 17 heavy (non-hydrogen) atoms. The van der Waals surface area contributed by atoms with Gasteiger partial charge in [0.1, 0.15) is 6.10 Å². The van der Waals surface area contributed by atoms with Gasteiger partial charge in [-0.25, -0.2) is 4.79 Å². The van der Waals surface area contributed by atoms with Gasteiger partial charge < -0.3 is 19.3 Å². The van der Waals surface area contributed by atoms with Crippen molar-refractivity contribution < 1.29 is 24.1 Å². The van der Waals surface area contributed by atoms with Crippen LogP contribution in [0, 0.1) is 0 Å². The molecule has 1 aromatic rings. The van der Waals surface area contributed by atoms with Crippen molar-refractivity contribution in [2.45, 2.75) is 13.0 Å². The third kappa shape index (κ3) is 3.35. The molecular formula is C12H16O5. The van der Waals surface area contributed by atoms with Gasteiger partial charge in [-0.1, -0.05) is 0 Å². The van der Waals surface area contributed by atoms with E-state index in [1.165, 1.54) is 20.3 Å². The van der Waals surface area contributed by atoms with E-state index in [2.05, 4.69) is 4.74 Å². The number of ether oxygens (including phenoxy) is 3. The number of methoxy groups -OCH3 is 2. The van der Waals surface area contributed by atoms with E-state index in [1.807, 2.05) is 0 Å². The van der Waals surface area contributed by atoms with Crippen LogP contribution in [0.15, 0.2) is 18.2 Å². The van der Waals surface area contributed by atoms with E-state index in [0.29, 0.717) is 17.1 Å². The van der Waals surface area contributed by atoms with Gasteiger partial charge in [0, 0.05) is 0 Å². The van der Waals surface area contributed by atoms with Gasteiger partial charge in [0.05, 0.1) is 26.4 Å². The lowest BCUT2D eigenvalue weighted by atomic mass is 10.2. The topological polar surface area (TPSA) is 65.0 Å². The summed E-state index contributed by atoms with van der Waals surface area (Å²) in [7, 11) is 2.79. The number of esters is 1. The molecule has 0 saturated heterocycles. The maximum Gasteiger partial charge on any atom is 0.337 e. The lowest BCUT2D eigenvalue weighted by Gasteiger charge is -2.15. The van der Waals surface area contributed by atoms with Crippen molar-refractivity contribution in [3.63, 3.8) is 0 Å². The minimum atomic E-state index is -0.440. The molecule has 0 bridgehead atoms. The molecule has 0 aliphatic heterocycles. The zero-order valence-corrected chi connectivity index (χ0v) is 10.1. The Kier molecular flexibility index (Phi) is 4.78. The molecule has 5 nitrogen and oxygen atoms in total. The molecule has 0 spiro atoms. The van der Waals surface area contributed by atoms with Gasteiger partial charge in [-0.3, -0.25) is 0 Å². The number of hydrogen-bond donors (Lipinski definition) is 1. The SMILES string of the molecule is COC(=O)c1ccc(OC(C)CO)c(OC)c1. The van der Waals surface area contributed by atoms with E-state index >= 15 is 0 Å². The number of benzene rings is 1. The van der Waals surface area contributed by atoms with Crippen LogP contribution in [0.3, 0.4) is 0 Å². The van der Waals surface area contributed by atoms with Crippen molar-refractivity contribution in [2.75, 3.05) is 20.8 Å². The van der Waals surface area contributed by atoms with Crippen molar-refractivity contribution in [1.29, 1.82) is 0 Å². The van der Waals surface area contributed by atoms with Crippen molar-refractivity contribution >= 4 is 5.97 Å². The normalized spacial score (nSPS) is 11.8. The Morgan fingerprint density at radius 1 is 1.35 bits per heavy atom. The van der Waals surface area contributed by atoms with E-state index in [4.69, 9.17) is 14.6 Å². The van der Waals surface area contributed by atoms with Gasteiger partial charge in [-0.05, 0) is 25.1 Å². The smallest absolute Gasteiger partial charge is 0.337 e. The molecule has 94 valence electrons. The maximum atomic E-state index is 11.3. The second kappa shape index (κ2) is 6.10. The first-order chi connectivity index (χ1) is 8.12. The predicted molar refractivity (Wildman–Crippen MR) is 61.5 cm³/mol. The van der Waals surface area contributed by atoms with E-state index in [-0.39, 0.29) is 12.7 Å². The summed E-state index contributed by atoms with van der Waals surface area (Å²) in [6.07, 6.45) is -0.340. The summed E-state index contributed by atoms with van der Waals surface area (Å²) >= 11 is 0. The monoisotopic (exact) mass is 240 g/mol. The lowest BCUT2D eigenvalue weighted by Crippen LogP contribution is -2.16.